The third kappa shape index (κ3) is 11.4. The third-order valence-electron chi connectivity index (χ3n) is 0.483. The van der Waals surface area contributed by atoms with Crippen LogP contribution in [0.3, 0.4) is 0 Å². The highest BCUT2D eigenvalue weighted by Crippen LogP contribution is 1.80. The van der Waals surface area contributed by atoms with E-state index in [4.69, 9.17) is 5.11 Å². The van der Waals surface area contributed by atoms with Crippen LogP contribution in [-0.2, 0) is 15.9 Å². The molecule has 0 saturated heterocycles. The zero-order chi connectivity index (χ0) is 6.57. The van der Waals surface area contributed by atoms with Gasteiger partial charge in [0.25, 0.3) is 0 Å². The highest BCUT2D eigenvalue weighted by atomic mass is 35.5. The second-order valence-electron chi connectivity index (χ2n) is 1.15. The third-order valence-corrected chi connectivity index (χ3v) is 1.02. The Balaban J connectivity index is 0. The molecule has 1 N–H and O–H groups in total. The van der Waals surface area contributed by atoms with Gasteiger partial charge in [0.1, 0.15) is 0 Å². The van der Waals surface area contributed by atoms with Crippen LogP contribution < -0.4 is 0 Å². The zero-order valence-corrected chi connectivity index (χ0v) is 6.04. The lowest BCUT2D eigenvalue weighted by Gasteiger charge is -1.98. The molecule has 0 fully saturated rings. The van der Waals surface area contributed by atoms with Crippen molar-refractivity contribution in [1.29, 1.82) is 0 Å². The van der Waals surface area contributed by atoms with Crippen molar-refractivity contribution in [2.75, 3.05) is 5.75 Å². The Morgan fingerprint density at radius 3 is 2.22 bits per heavy atom. The van der Waals surface area contributed by atoms with E-state index in [9.17, 15) is 13.6 Å². The van der Waals surface area contributed by atoms with Crippen molar-refractivity contribution in [3.05, 3.63) is 0 Å². The maximum Gasteiger partial charge on any atom is 0.304 e. The minimum atomic E-state index is -2.22. The molecule has 0 radical (unpaired) electrons. The van der Waals surface area contributed by atoms with Gasteiger partial charge in [0.15, 0.2) is 0 Å². The molecular formula is C3H6ClO4S-. The van der Waals surface area contributed by atoms with Crippen LogP contribution in [0.15, 0.2) is 0 Å². The van der Waals surface area contributed by atoms with Crippen LogP contribution in [0.5, 0.6) is 0 Å². The Kier molecular flexibility index (Phi) is 7.76. The van der Waals surface area contributed by atoms with Gasteiger partial charge < -0.3 is 9.66 Å². The van der Waals surface area contributed by atoms with E-state index in [1.54, 1.807) is 0 Å². The highest BCUT2D eigenvalue weighted by Gasteiger charge is 1.93. The number of carboxylic acids is 1. The molecule has 4 nitrogen and oxygen atoms in total. The highest BCUT2D eigenvalue weighted by molar-refractivity contribution is 7.79. The van der Waals surface area contributed by atoms with Crippen molar-refractivity contribution in [2.24, 2.45) is 0 Å². The van der Waals surface area contributed by atoms with Gasteiger partial charge in [-0.15, -0.1) is 12.4 Å². The smallest absolute Gasteiger partial charge is 0.304 e. The summed E-state index contributed by atoms with van der Waals surface area (Å²) in [4.78, 5) is 9.63. The molecule has 0 aromatic carbocycles. The van der Waals surface area contributed by atoms with Gasteiger partial charge in [-0.05, 0) is 0 Å². The average molecular weight is 174 g/mol. The number of carboxylic acid groups (broad SMARTS) is 1. The predicted molar refractivity (Wildman–Crippen MR) is 33.3 cm³/mol. The van der Waals surface area contributed by atoms with Crippen molar-refractivity contribution >= 4 is 29.5 Å². The maximum atomic E-state index is 9.64. The number of halogens is 1. The molecular weight excluding hydrogens is 168 g/mol. The quantitative estimate of drug-likeness (QED) is 0.598. The van der Waals surface area contributed by atoms with E-state index in [-0.39, 0.29) is 24.6 Å². The molecule has 9 heavy (non-hydrogen) atoms. The number of hydrogen-bond acceptors (Lipinski definition) is 3. The topological polar surface area (TPSA) is 77.4 Å². The van der Waals surface area contributed by atoms with E-state index >= 15 is 0 Å². The molecule has 0 spiro atoms. The lowest BCUT2D eigenvalue weighted by atomic mass is 10.5. The largest absolute Gasteiger partial charge is 0.772 e. The molecule has 0 aromatic rings. The SMILES string of the molecule is Cl.O=C(O)CCS(=O)[O-]. The fraction of sp³-hybridized carbons (Fsp3) is 0.667. The summed E-state index contributed by atoms with van der Waals surface area (Å²) in [6, 6.07) is 0. The Morgan fingerprint density at radius 1 is 1.67 bits per heavy atom. The predicted octanol–water partition coefficient (Wildman–Crippen LogP) is -0.238. The normalized spacial score (nSPS) is 11.7. The van der Waals surface area contributed by atoms with Gasteiger partial charge in [0, 0.05) is 5.75 Å². The first kappa shape index (κ1) is 11.6. The van der Waals surface area contributed by atoms with Crippen LogP contribution in [0.1, 0.15) is 6.42 Å². The van der Waals surface area contributed by atoms with Crippen molar-refractivity contribution < 1.29 is 18.7 Å². The molecule has 0 aliphatic carbocycles. The summed E-state index contributed by atoms with van der Waals surface area (Å²) >= 11 is -2.22. The lowest BCUT2D eigenvalue weighted by Crippen LogP contribution is -2.02. The Labute approximate surface area is 61.0 Å². The van der Waals surface area contributed by atoms with E-state index in [1.165, 1.54) is 0 Å². The molecule has 0 aliphatic rings. The number of rotatable bonds is 3. The van der Waals surface area contributed by atoms with E-state index in [2.05, 4.69) is 0 Å². The van der Waals surface area contributed by atoms with Crippen molar-refractivity contribution in [3.8, 4) is 0 Å². The molecule has 56 valence electrons. The number of aliphatic carboxylic acids is 1. The Morgan fingerprint density at radius 2 is 2.11 bits per heavy atom. The van der Waals surface area contributed by atoms with Crippen molar-refractivity contribution in [3.63, 3.8) is 0 Å². The van der Waals surface area contributed by atoms with E-state index < -0.39 is 17.0 Å². The fourth-order valence-corrected chi connectivity index (χ4v) is 0.512. The van der Waals surface area contributed by atoms with E-state index in [0.717, 1.165) is 0 Å². The molecule has 0 rings (SSSR count). The van der Waals surface area contributed by atoms with Gasteiger partial charge in [-0.2, -0.15) is 0 Å². The van der Waals surface area contributed by atoms with Crippen LogP contribution in [-0.4, -0.2) is 25.6 Å². The molecule has 1 unspecified atom stereocenters. The Bertz CT molecular complexity index is 100. The number of hydrogen-bond donors (Lipinski definition) is 1. The molecule has 0 heterocycles. The Hall–Kier alpha value is -0.130. The summed E-state index contributed by atoms with van der Waals surface area (Å²) in [5.41, 5.74) is 0. The number of carbonyl (C=O) groups is 1. The minimum absolute atomic E-state index is 0. The standard InChI is InChI=1S/C3H6O4S.ClH/c4-3(5)1-2-8(6)7;/h1-2H2,(H,4,5)(H,6,7);1H/p-1. The molecule has 0 amide bonds. The zero-order valence-electron chi connectivity index (χ0n) is 4.40. The molecule has 6 heteroatoms. The van der Waals surface area contributed by atoms with Gasteiger partial charge in [-0.3, -0.25) is 9.00 Å². The molecule has 0 aromatic heterocycles. The second-order valence-corrected chi connectivity index (χ2v) is 2.17. The monoisotopic (exact) mass is 173 g/mol. The van der Waals surface area contributed by atoms with E-state index in [0.29, 0.717) is 0 Å². The van der Waals surface area contributed by atoms with Crippen LogP contribution in [0.4, 0.5) is 0 Å². The van der Waals surface area contributed by atoms with Crippen molar-refractivity contribution in [1.82, 2.24) is 0 Å². The summed E-state index contributed by atoms with van der Waals surface area (Å²) in [6.45, 7) is 0. The van der Waals surface area contributed by atoms with Crippen LogP contribution in [0.25, 0.3) is 0 Å². The van der Waals surface area contributed by atoms with Crippen molar-refractivity contribution in [2.45, 2.75) is 6.42 Å². The van der Waals surface area contributed by atoms with Gasteiger partial charge >= 0.3 is 5.97 Å². The summed E-state index contributed by atoms with van der Waals surface area (Å²) < 4.78 is 19.3. The maximum absolute atomic E-state index is 9.64. The first-order valence-electron chi connectivity index (χ1n) is 1.90. The summed E-state index contributed by atoms with van der Waals surface area (Å²) in [6.07, 6.45) is -0.309. The van der Waals surface area contributed by atoms with Gasteiger partial charge in [-0.1, -0.05) is 11.1 Å². The fourth-order valence-electron chi connectivity index (χ4n) is 0.171. The summed E-state index contributed by atoms with van der Waals surface area (Å²) in [5.74, 6) is -1.39. The first-order valence-corrected chi connectivity index (χ1v) is 3.15. The molecule has 0 saturated carbocycles. The molecule has 0 bridgehead atoms. The van der Waals surface area contributed by atoms with Gasteiger partial charge in [0.2, 0.25) is 0 Å². The lowest BCUT2D eigenvalue weighted by molar-refractivity contribution is -0.136. The minimum Gasteiger partial charge on any atom is -0.772 e. The van der Waals surface area contributed by atoms with Gasteiger partial charge in [-0.25, -0.2) is 0 Å². The van der Waals surface area contributed by atoms with Gasteiger partial charge in [0.05, 0.1) is 6.42 Å². The molecule has 0 aliphatic heterocycles. The average Bonchev–Trinajstić information content (AvgIpc) is 1.61. The van der Waals surface area contributed by atoms with Crippen LogP contribution in [0.2, 0.25) is 0 Å². The second kappa shape index (κ2) is 6.00. The van der Waals surface area contributed by atoms with Crippen LogP contribution in [0, 0.1) is 0 Å². The summed E-state index contributed by atoms with van der Waals surface area (Å²) in [7, 11) is 0. The molecule has 1 atom stereocenters. The summed E-state index contributed by atoms with van der Waals surface area (Å²) in [5, 5.41) is 7.89. The van der Waals surface area contributed by atoms with E-state index in [1.807, 2.05) is 0 Å². The first-order chi connectivity index (χ1) is 3.63. The van der Waals surface area contributed by atoms with Crippen LogP contribution >= 0.6 is 12.4 Å².